The fourth-order valence-electron chi connectivity index (χ4n) is 3.07. The Bertz CT molecular complexity index is 519. The van der Waals surface area contributed by atoms with E-state index < -0.39 is 0 Å². The third-order valence-electron chi connectivity index (χ3n) is 4.41. The van der Waals surface area contributed by atoms with Gasteiger partial charge in [-0.15, -0.1) is 0 Å². The van der Waals surface area contributed by atoms with Crippen LogP contribution < -0.4 is 19.5 Å². The lowest BCUT2D eigenvalue weighted by molar-refractivity contribution is -0.124. The van der Waals surface area contributed by atoms with E-state index in [1.165, 1.54) is 19.3 Å². The first-order valence-corrected chi connectivity index (χ1v) is 8.20. The van der Waals surface area contributed by atoms with Crippen LogP contribution in [-0.2, 0) is 4.79 Å². The predicted molar refractivity (Wildman–Crippen MR) is 89.3 cm³/mol. The van der Waals surface area contributed by atoms with Crippen molar-refractivity contribution in [1.82, 2.24) is 5.32 Å². The van der Waals surface area contributed by atoms with Gasteiger partial charge in [0.05, 0.1) is 14.2 Å². The van der Waals surface area contributed by atoms with Crippen LogP contribution in [0.3, 0.4) is 0 Å². The van der Waals surface area contributed by atoms with E-state index in [2.05, 4.69) is 12.2 Å². The van der Waals surface area contributed by atoms with Crippen LogP contribution in [-0.4, -0.2) is 32.8 Å². The number of methoxy groups -OCH3 is 2. The Balaban J connectivity index is 1.98. The van der Waals surface area contributed by atoms with Gasteiger partial charge in [-0.05, 0) is 43.4 Å². The predicted octanol–water partition coefficient (Wildman–Crippen LogP) is 3.09. The van der Waals surface area contributed by atoms with Gasteiger partial charge < -0.3 is 19.5 Å². The van der Waals surface area contributed by atoms with E-state index in [1.807, 2.05) is 19.1 Å². The van der Waals surface area contributed by atoms with Gasteiger partial charge in [-0.2, -0.15) is 0 Å². The van der Waals surface area contributed by atoms with Gasteiger partial charge >= 0.3 is 0 Å². The molecule has 1 N–H and O–H groups in total. The van der Waals surface area contributed by atoms with E-state index in [9.17, 15) is 4.79 Å². The van der Waals surface area contributed by atoms with Crippen LogP contribution in [0.4, 0.5) is 0 Å². The van der Waals surface area contributed by atoms with E-state index in [-0.39, 0.29) is 18.6 Å². The number of benzene rings is 1. The Morgan fingerprint density at radius 2 is 1.78 bits per heavy atom. The van der Waals surface area contributed by atoms with Crippen LogP contribution in [0.2, 0.25) is 0 Å². The van der Waals surface area contributed by atoms with Crippen LogP contribution in [0.5, 0.6) is 17.2 Å². The average molecular weight is 321 g/mol. The molecule has 23 heavy (non-hydrogen) atoms. The maximum absolute atomic E-state index is 12.2. The minimum Gasteiger partial charge on any atom is -0.493 e. The van der Waals surface area contributed by atoms with Gasteiger partial charge in [-0.1, -0.05) is 19.8 Å². The quantitative estimate of drug-likeness (QED) is 0.875. The molecule has 2 rings (SSSR count). The number of nitrogens with one attached hydrogen (secondary N) is 1. The molecule has 0 unspecified atom stereocenters. The second-order valence-electron chi connectivity index (χ2n) is 6.22. The normalized spacial score (nSPS) is 20.7. The summed E-state index contributed by atoms with van der Waals surface area (Å²) in [4.78, 5) is 12.2. The van der Waals surface area contributed by atoms with E-state index >= 15 is 0 Å². The highest BCUT2D eigenvalue weighted by Gasteiger charge is 2.23. The van der Waals surface area contributed by atoms with Crippen LogP contribution in [0, 0.1) is 12.8 Å². The van der Waals surface area contributed by atoms with Crippen molar-refractivity contribution in [1.29, 1.82) is 0 Å². The first-order chi connectivity index (χ1) is 11.0. The lowest BCUT2D eigenvalue weighted by Crippen LogP contribution is -2.43. The lowest BCUT2D eigenvalue weighted by atomic mass is 9.86. The zero-order valence-electron chi connectivity index (χ0n) is 14.5. The molecule has 0 spiro atoms. The van der Waals surface area contributed by atoms with E-state index in [0.29, 0.717) is 23.2 Å². The van der Waals surface area contributed by atoms with Crippen molar-refractivity contribution in [3.05, 3.63) is 17.7 Å². The Kier molecular flexibility index (Phi) is 6.13. The molecular weight excluding hydrogens is 294 g/mol. The highest BCUT2D eigenvalue weighted by atomic mass is 16.5. The molecule has 1 aliphatic carbocycles. The maximum Gasteiger partial charge on any atom is 0.258 e. The molecule has 1 aliphatic rings. The van der Waals surface area contributed by atoms with Crippen LogP contribution >= 0.6 is 0 Å². The number of rotatable bonds is 6. The second-order valence-corrected chi connectivity index (χ2v) is 6.22. The Morgan fingerprint density at radius 1 is 1.17 bits per heavy atom. The maximum atomic E-state index is 12.2. The molecule has 0 bridgehead atoms. The summed E-state index contributed by atoms with van der Waals surface area (Å²) in [5.74, 6) is 2.03. The van der Waals surface area contributed by atoms with Crippen molar-refractivity contribution in [2.75, 3.05) is 20.8 Å². The number of carbonyl (C=O) groups is 1. The number of hydrogen-bond donors (Lipinski definition) is 1. The van der Waals surface area contributed by atoms with E-state index in [0.717, 1.165) is 12.0 Å². The standard InChI is InChI=1S/C18H27NO4/c1-12-9-15(21-3)18(16(10-12)22-4)23-11-17(20)19-14-8-6-5-7-13(14)2/h9-10,13-14H,5-8,11H2,1-4H3,(H,19,20)/t13-,14-/m1/s1. The summed E-state index contributed by atoms with van der Waals surface area (Å²) in [6.45, 7) is 4.10. The molecule has 1 amide bonds. The molecule has 1 aromatic carbocycles. The molecule has 2 atom stereocenters. The van der Waals surface area contributed by atoms with Crippen molar-refractivity contribution < 1.29 is 19.0 Å². The van der Waals surface area contributed by atoms with Gasteiger partial charge in [-0.25, -0.2) is 0 Å². The molecule has 5 nitrogen and oxygen atoms in total. The third kappa shape index (κ3) is 4.53. The number of hydrogen-bond acceptors (Lipinski definition) is 4. The molecule has 1 saturated carbocycles. The molecule has 128 valence electrons. The lowest BCUT2D eigenvalue weighted by Gasteiger charge is -2.29. The van der Waals surface area contributed by atoms with Gasteiger partial charge in [0, 0.05) is 6.04 Å². The monoisotopic (exact) mass is 321 g/mol. The first-order valence-electron chi connectivity index (χ1n) is 8.20. The number of aryl methyl sites for hydroxylation is 1. The Hall–Kier alpha value is -1.91. The molecule has 5 heteroatoms. The summed E-state index contributed by atoms with van der Waals surface area (Å²) < 4.78 is 16.3. The zero-order chi connectivity index (χ0) is 16.8. The first kappa shape index (κ1) is 17.4. The average Bonchev–Trinajstić information content (AvgIpc) is 2.54. The van der Waals surface area contributed by atoms with Crippen molar-refractivity contribution in [2.24, 2.45) is 5.92 Å². The second kappa shape index (κ2) is 8.09. The van der Waals surface area contributed by atoms with E-state index in [1.54, 1.807) is 14.2 Å². The smallest absolute Gasteiger partial charge is 0.258 e. The summed E-state index contributed by atoms with van der Waals surface area (Å²) >= 11 is 0. The summed E-state index contributed by atoms with van der Waals surface area (Å²) in [5.41, 5.74) is 1.01. The minimum absolute atomic E-state index is 0.0427. The fourth-order valence-corrected chi connectivity index (χ4v) is 3.07. The van der Waals surface area contributed by atoms with Gasteiger partial charge in [-0.3, -0.25) is 4.79 Å². The van der Waals surface area contributed by atoms with Crippen molar-refractivity contribution >= 4 is 5.91 Å². The molecule has 0 aromatic heterocycles. The van der Waals surface area contributed by atoms with Crippen molar-refractivity contribution in [3.63, 3.8) is 0 Å². The molecule has 0 saturated heterocycles. The van der Waals surface area contributed by atoms with Crippen molar-refractivity contribution in [2.45, 2.75) is 45.6 Å². The Labute approximate surface area is 138 Å². The molecule has 1 fully saturated rings. The van der Waals surface area contributed by atoms with Crippen molar-refractivity contribution in [3.8, 4) is 17.2 Å². The van der Waals surface area contributed by atoms with Crippen LogP contribution in [0.25, 0.3) is 0 Å². The Morgan fingerprint density at radius 3 is 2.35 bits per heavy atom. The van der Waals surface area contributed by atoms with Gasteiger partial charge in [0.15, 0.2) is 18.1 Å². The largest absolute Gasteiger partial charge is 0.493 e. The number of carbonyl (C=O) groups excluding carboxylic acids is 1. The highest BCUT2D eigenvalue weighted by Crippen LogP contribution is 2.38. The molecule has 0 radical (unpaired) electrons. The highest BCUT2D eigenvalue weighted by molar-refractivity contribution is 5.78. The topological polar surface area (TPSA) is 56.8 Å². The minimum atomic E-state index is -0.103. The third-order valence-corrected chi connectivity index (χ3v) is 4.41. The zero-order valence-corrected chi connectivity index (χ0v) is 14.5. The SMILES string of the molecule is COc1cc(C)cc(OC)c1OCC(=O)N[C@@H]1CCCC[C@H]1C. The molecule has 0 heterocycles. The summed E-state index contributed by atoms with van der Waals surface area (Å²) in [7, 11) is 3.15. The van der Waals surface area contributed by atoms with Crippen LogP contribution in [0.1, 0.15) is 38.2 Å². The number of amides is 1. The number of ether oxygens (including phenoxy) is 3. The van der Waals surface area contributed by atoms with Gasteiger partial charge in [0.2, 0.25) is 5.75 Å². The van der Waals surface area contributed by atoms with Gasteiger partial charge in [0.1, 0.15) is 0 Å². The van der Waals surface area contributed by atoms with E-state index in [4.69, 9.17) is 14.2 Å². The fraction of sp³-hybridized carbons (Fsp3) is 0.611. The summed E-state index contributed by atoms with van der Waals surface area (Å²) in [6, 6.07) is 3.97. The van der Waals surface area contributed by atoms with Gasteiger partial charge in [0.25, 0.3) is 5.91 Å². The molecule has 1 aromatic rings. The molecule has 0 aliphatic heterocycles. The molecular formula is C18H27NO4. The summed E-state index contributed by atoms with van der Waals surface area (Å²) in [5, 5.41) is 3.08. The summed E-state index contributed by atoms with van der Waals surface area (Å²) in [6.07, 6.45) is 4.65. The van der Waals surface area contributed by atoms with Crippen LogP contribution in [0.15, 0.2) is 12.1 Å².